The Bertz CT molecular complexity index is 408. The number of hydrogen-bond acceptors (Lipinski definition) is 2. The highest BCUT2D eigenvalue weighted by atomic mass is 35.5. The molecule has 0 spiro atoms. The van der Waals surface area contributed by atoms with Gasteiger partial charge >= 0.3 is 0 Å². The Labute approximate surface area is 88.5 Å². The van der Waals surface area contributed by atoms with Gasteiger partial charge in [-0.05, 0) is 37.1 Å². The van der Waals surface area contributed by atoms with E-state index in [1.165, 1.54) is 0 Å². The molecule has 0 aromatic heterocycles. The number of hydrogen-bond donors (Lipinski definition) is 1. The standard InChI is InChI=1S/C11H11ClN2/c1-11(7-13)4-5-14-10-3-2-8(12)6-9(10)11/h2-3,6,14H,4-5H2,1H3. The molecule has 14 heavy (non-hydrogen) atoms. The Morgan fingerprint density at radius 3 is 3.07 bits per heavy atom. The second-order valence-electron chi connectivity index (χ2n) is 3.81. The highest BCUT2D eigenvalue weighted by Crippen LogP contribution is 2.37. The number of rotatable bonds is 0. The van der Waals surface area contributed by atoms with Crippen LogP contribution in [0.15, 0.2) is 18.2 Å². The zero-order chi connectivity index (χ0) is 10.2. The van der Waals surface area contributed by atoms with Crippen molar-refractivity contribution in [3.8, 4) is 6.07 Å². The van der Waals surface area contributed by atoms with Crippen LogP contribution in [0.5, 0.6) is 0 Å². The van der Waals surface area contributed by atoms with Crippen molar-refractivity contribution < 1.29 is 0 Å². The van der Waals surface area contributed by atoms with E-state index in [1.54, 1.807) is 0 Å². The molecule has 1 atom stereocenters. The van der Waals surface area contributed by atoms with Gasteiger partial charge in [-0.1, -0.05) is 11.6 Å². The van der Waals surface area contributed by atoms with Crippen LogP contribution in [0.1, 0.15) is 18.9 Å². The van der Waals surface area contributed by atoms with Crippen molar-refractivity contribution in [2.75, 3.05) is 11.9 Å². The topological polar surface area (TPSA) is 35.8 Å². The largest absolute Gasteiger partial charge is 0.385 e. The molecule has 0 amide bonds. The van der Waals surface area contributed by atoms with Crippen molar-refractivity contribution in [1.29, 1.82) is 5.26 Å². The van der Waals surface area contributed by atoms with Gasteiger partial charge in [-0.3, -0.25) is 0 Å². The van der Waals surface area contributed by atoms with E-state index >= 15 is 0 Å². The maximum atomic E-state index is 9.17. The first-order chi connectivity index (χ1) is 6.65. The number of fused-ring (bicyclic) bond motifs is 1. The molecule has 1 aromatic rings. The molecule has 1 N–H and O–H groups in total. The Morgan fingerprint density at radius 1 is 1.57 bits per heavy atom. The molecule has 1 heterocycles. The molecular formula is C11H11ClN2. The quantitative estimate of drug-likeness (QED) is 0.709. The Hall–Kier alpha value is -1.20. The third-order valence-corrected chi connectivity index (χ3v) is 3.00. The van der Waals surface area contributed by atoms with Gasteiger partial charge in [-0.15, -0.1) is 0 Å². The zero-order valence-corrected chi connectivity index (χ0v) is 8.73. The molecule has 1 unspecified atom stereocenters. The molecule has 2 rings (SSSR count). The lowest BCUT2D eigenvalue weighted by Crippen LogP contribution is -2.29. The summed E-state index contributed by atoms with van der Waals surface area (Å²) in [7, 11) is 0. The van der Waals surface area contributed by atoms with Gasteiger partial charge in [-0.2, -0.15) is 5.26 Å². The summed E-state index contributed by atoms with van der Waals surface area (Å²) in [5.74, 6) is 0. The van der Waals surface area contributed by atoms with Gasteiger partial charge in [0.25, 0.3) is 0 Å². The van der Waals surface area contributed by atoms with Crippen molar-refractivity contribution in [2.45, 2.75) is 18.8 Å². The minimum absolute atomic E-state index is 0.397. The van der Waals surface area contributed by atoms with Crippen LogP contribution in [0.25, 0.3) is 0 Å². The van der Waals surface area contributed by atoms with Crippen molar-refractivity contribution in [2.24, 2.45) is 0 Å². The van der Waals surface area contributed by atoms with E-state index in [4.69, 9.17) is 16.9 Å². The highest BCUT2D eigenvalue weighted by molar-refractivity contribution is 6.30. The van der Waals surface area contributed by atoms with Gasteiger partial charge in [0.1, 0.15) is 0 Å². The summed E-state index contributed by atoms with van der Waals surface area (Å²) in [5.41, 5.74) is 1.65. The number of nitrogens with zero attached hydrogens (tertiary/aromatic N) is 1. The average Bonchev–Trinajstić information content (AvgIpc) is 2.20. The predicted molar refractivity (Wildman–Crippen MR) is 57.5 cm³/mol. The smallest absolute Gasteiger partial charge is 0.0831 e. The molecular weight excluding hydrogens is 196 g/mol. The van der Waals surface area contributed by atoms with Gasteiger partial charge in [0.05, 0.1) is 11.5 Å². The zero-order valence-electron chi connectivity index (χ0n) is 7.97. The summed E-state index contributed by atoms with van der Waals surface area (Å²) in [6.07, 6.45) is 0.830. The fraction of sp³-hybridized carbons (Fsp3) is 0.364. The lowest BCUT2D eigenvalue weighted by atomic mass is 9.78. The second-order valence-corrected chi connectivity index (χ2v) is 4.25. The van der Waals surface area contributed by atoms with Crippen LogP contribution in [0.4, 0.5) is 5.69 Å². The number of nitrogens with one attached hydrogen (secondary N) is 1. The van der Waals surface area contributed by atoms with Crippen molar-refractivity contribution in [3.05, 3.63) is 28.8 Å². The van der Waals surface area contributed by atoms with E-state index in [9.17, 15) is 0 Å². The van der Waals surface area contributed by atoms with Crippen molar-refractivity contribution in [1.82, 2.24) is 0 Å². The Morgan fingerprint density at radius 2 is 2.36 bits per heavy atom. The fourth-order valence-electron chi connectivity index (χ4n) is 1.83. The van der Waals surface area contributed by atoms with E-state index in [1.807, 2.05) is 25.1 Å². The Balaban J connectivity index is 2.59. The van der Waals surface area contributed by atoms with Crippen molar-refractivity contribution >= 4 is 17.3 Å². The van der Waals surface area contributed by atoms with Gasteiger partial charge in [0.15, 0.2) is 0 Å². The fourth-order valence-corrected chi connectivity index (χ4v) is 2.00. The summed E-state index contributed by atoms with van der Waals surface area (Å²) >= 11 is 5.92. The van der Waals surface area contributed by atoms with E-state index in [0.29, 0.717) is 5.02 Å². The summed E-state index contributed by atoms with van der Waals surface area (Å²) in [6.45, 7) is 2.81. The number of halogens is 1. The Kier molecular flexibility index (Phi) is 2.13. The molecule has 0 saturated carbocycles. The molecule has 72 valence electrons. The van der Waals surface area contributed by atoms with E-state index in [-0.39, 0.29) is 0 Å². The van der Waals surface area contributed by atoms with E-state index in [2.05, 4.69) is 11.4 Å². The third-order valence-electron chi connectivity index (χ3n) is 2.76. The molecule has 3 heteroatoms. The molecule has 1 aliphatic rings. The summed E-state index contributed by atoms with van der Waals surface area (Å²) < 4.78 is 0. The summed E-state index contributed by atoms with van der Waals surface area (Å²) in [4.78, 5) is 0. The lowest BCUT2D eigenvalue weighted by molar-refractivity contribution is 0.555. The number of anilines is 1. The minimum atomic E-state index is -0.397. The lowest BCUT2D eigenvalue weighted by Gasteiger charge is -2.30. The normalized spacial score (nSPS) is 24.6. The van der Waals surface area contributed by atoms with Crippen LogP contribution < -0.4 is 5.32 Å². The maximum Gasteiger partial charge on any atom is 0.0831 e. The first kappa shape index (κ1) is 9.36. The van der Waals surface area contributed by atoms with Crippen LogP contribution >= 0.6 is 11.6 Å². The van der Waals surface area contributed by atoms with Crippen molar-refractivity contribution in [3.63, 3.8) is 0 Å². The SMILES string of the molecule is CC1(C#N)CCNc2ccc(Cl)cc21. The van der Waals surface area contributed by atoms with Crippen LogP contribution in [0.2, 0.25) is 5.02 Å². The molecule has 0 aliphatic carbocycles. The van der Waals surface area contributed by atoms with Gasteiger partial charge in [0.2, 0.25) is 0 Å². The molecule has 0 radical (unpaired) electrons. The molecule has 0 bridgehead atoms. The van der Waals surface area contributed by atoms with Gasteiger partial charge in [-0.25, -0.2) is 0 Å². The van der Waals surface area contributed by atoms with Crippen LogP contribution in [-0.2, 0) is 5.41 Å². The minimum Gasteiger partial charge on any atom is -0.385 e. The number of benzene rings is 1. The molecule has 1 aromatic carbocycles. The molecule has 2 nitrogen and oxygen atoms in total. The average molecular weight is 207 g/mol. The van der Waals surface area contributed by atoms with Gasteiger partial charge in [0, 0.05) is 17.3 Å². The third kappa shape index (κ3) is 1.34. The monoisotopic (exact) mass is 206 g/mol. The van der Waals surface area contributed by atoms with E-state index < -0.39 is 5.41 Å². The second kappa shape index (κ2) is 3.18. The maximum absolute atomic E-state index is 9.17. The van der Waals surface area contributed by atoms with Crippen LogP contribution in [-0.4, -0.2) is 6.54 Å². The summed E-state index contributed by atoms with van der Waals surface area (Å²) in [6, 6.07) is 8.03. The highest BCUT2D eigenvalue weighted by Gasteiger charge is 2.32. The number of nitriles is 1. The molecule has 0 fully saturated rings. The first-order valence-corrected chi connectivity index (χ1v) is 4.99. The summed E-state index contributed by atoms with van der Waals surface area (Å²) in [5, 5.41) is 13.1. The molecule has 1 aliphatic heterocycles. The molecule has 0 saturated heterocycles. The van der Waals surface area contributed by atoms with Crippen LogP contribution in [0, 0.1) is 11.3 Å². The van der Waals surface area contributed by atoms with Gasteiger partial charge < -0.3 is 5.32 Å². The first-order valence-electron chi connectivity index (χ1n) is 4.61. The van der Waals surface area contributed by atoms with E-state index in [0.717, 1.165) is 24.2 Å². The predicted octanol–water partition coefficient (Wildman–Crippen LogP) is 2.94. The van der Waals surface area contributed by atoms with Crippen LogP contribution in [0.3, 0.4) is 0 Å².